The highest BCUT2D eigenvalue weighted by Crippen LogP contribution is 2.89. The van der Waals surface area contributed by atoms with E-state index in [1.807, 2.05) is 0 Å². The number of rotatable bonds is 5. The Hall–Kier alpha value is -1.49. The molecule has 2 saturated heterocycles. The maximum absolute atomic E-state index is 13.0. The molecule has 3 heterocycles. The van der Waals surface area contributed by atoms with Crippen LogP contribution in [-0.2, 0) is 14.2 Å². The van der Waals surface area contributed by atoms with E-state index in [1.165, 1.54) is 19.1 Å². The molecule has 8 rings (SSSR count). The van der Waals surface area contributed by atoms with Crippen molar-refractivity contribution in [3.05, 3.63) is 24.2 Å². The fourth-order valence-electron chi connectivity index (χ4n) is 13.8. The Kier molecular flexibility index (Phi) is 7.55. The summed E-state index contributed by atoms with van der Waals surface area (Å²) in [5, 5.41) is 34.1. The number of amides is 1. The number of nitrogens with zero attached hydrogens (tertiary/aromatic N) is 1. The third-order valence-corrected chi connectivity index (χ3v) is 16.2. The fraction of sp³-hybridized carbons (Fsp3) is 0.872. The molecule has 14 atom stereocenters. The highest BCUT2D eigenvalue weighted by molar-refractivity contribution is 5.91. The van der Waals surface area contributed by atoms with Crippen molar-refractivity contribution in [3.63, 3.8) is 0 Å². The van der Waals surface area contributed by atoms with Crippen LogP contribution in [0.15, 0.2) is 22.8 Å². The summed E-state index contributed by atoms with van der Waals surface area (Å²) in [7, 11) is 0. The molecule has 9 nitrogen and oxygen atoms in total. The maximum atomic E-state index is 13.0. The second kappa shape index (κ2) is 10.8. The zero-order valence-electron chi connectivity index (χ0n) is 30.1. The van der Waals surface area contributed by atoms with Gasteiger partial charge in [0, 0.05) is 12.0 Å². The molecule has 9 heteroatoms. The summed E-state index contributed by atoms with van der Waals surface area (Å²) >= 11 is 0. The molecule has 5 aliphatic carbocycles. The number of ether oxygens (including phenoxy) is 3. The van der Waals surface area contributed by atoms with E-state index in [4.69, 9.17) is 18.6 Å². The van der Waals surface area contributed by atoms with E-state index < -0.39 is 30.2 Å². The Morgan fingerprint density at radius 1 is 1.08 bits per heavy atom. The average Bonchev–Trinajstić information content (AvgIpc) is 3.29. The lowest BCUT2D eigenvalue weighted by atomic mass is 9.41. The van der Waals surface area contributed by atoms with Crippen molar-refractivity contribution in [1.82, 2.24) is 4.90 Å². The lowest BCUT2D eigenvalue weighted by Gasteiger charge is -2.64. The van der Waals surface area contributed by atoms with Gasteiger partial charge in [0.1, 0.15) is 6.10 Å². The lowest BCUT2D eigenvalue weighted by molar-refractivity contribution is -0.245. The summed E-state index contributed by atoms with van der Waals surface area (Å²) in [6, 6.07) is 3.45. The van der Waals surface area contributed by atoms with Crippen LogP contribution in [0.5, 0.6) is 0 Å². The van der Waals surface area contributed by atoms with Crippen molar-refractivity contribution in [2.75, 3.05) is 19.7 Å². The van der Waals surface area contributed by atoms with Crippen molar-refractivity contribution in [1.29, 1.82) is 0 Å². The van der Waals surface area contributed by atoms with Gasteiger partial charge >= 0.3 is 0 Å². The van der Waals surface area contributed by atoms with Gasteiger partial charge in [0.2, 0.25) is 0 Å². The minimum atomic E-state index is -1.26. The predicted molar refractivity (Wildman–Crippen MR) is 178 cm³/mol. The van der Waals surface area contributed by atoms with Gasteiger partial charge in [-0.3, -0.25) is 4.79 Å². The molecule has 48 heavy (non-hydrogen) atoms. The number of carbonyl (C=O) groups is 1. The molecule has 2 aliphatic heterocycles. The number of fused-ring (bicyclic) bond motifs is 4. The monoisotopic (exact) mass is 669 g/mol. The molecule has 7 aliphatic rings. The average molecular weight is 670 g/mol. The molecule has 268 valence electrons. The minimum absolute atomic E-state index is 0.0451. The molecule has 2 spiro atoms. The van der Waals surface area contributed by atoms with E-state index in [-0.39, 0.29) is 57.0 Å². The molecule has 9 unspecified atom stereocenters. The van der Waals surface area contributed by atoms with Gasteiger partial charge in [-0.25, -0.2) is 0 Å². The summed E-state index contributed by atoms with van der Waals surface area (Å²) < 4.78 is 24.9. The third kappa shape index (κ3) is 4.33. The largest absolute Gasteiger partial charge is 0.459 e. The van der Waals surface area contributed by atoms with E-state index in [0.717, 1.165) is 32.1 Å². The van der Waals surface area contributed by atoms with Crippen LogP contribution in [0.3, 0.4) is 0 Å². The number of hydrogen-bond donors (Lipinski definition) is 3. The van der Waals surface area contributed by atoms with Gasteiger partial charge in [0.25, 0.3) is 5.91 Å². The molecule has 0 bridgehead atoms. The van der Waals surface area contributed by atoms with Crippen LogP contribution in [0.1, 0.15) is 110 Å². The Balaban J connectivity index is 1.01. The van der Waals surface area contributed by atoms with E-state index >= 15 is 0 Å². The first-order valence-corrected chi connectivity index (χ1v) is 18.8. The summed E-state index contributed by atoms with van der Waals surface area (Å²) in [6.45, 7) is 16.6. The van der Waals surface area contributed by atoms with Gasteiger partial charge in [-0.1, -0.05) is 34.6 Å². The number of morpholine rings is 1. The van der Waals surface area contributed by atoms with Crippen LogP contribution in [0.4, 0.5) is 0 Å². The molecule has 3 N–H and O–H groups in total. The van der Waals surface area contributed by atoms with Gasteiger partial charge in [-0.15, -0.1) is 0 Å². The Morgan fingerprint density at radius 3 is 2.52 bits per heavy atom. The molecule has 0 radical (unpaired) electrons. The standard InChI is InChI=1S/C39H59NO8/c1-22-19-24(31(41)35(4,5)44)47-30-29(22)36(6)14-15-39-21-38(39)13-12-27(34(2,3)25(38)10-11-26(39)37(36,7)32(30)42)48-28-20-40(16-18-46-28)33(43)23-9-8-17-45-23/h8-9,17,22,24-32,41-42,44H,10-16,18-21H2,1-7H3/t22-,24?,25+,26?,27?,28?,29+,30?,31?,32+,36?,37-,38?,39?/m1/s1. The summed E-state index contributed by atoms with van der Waals surface area (Å²) in [4.78, 5) is 14.8. The second-order valence-electron chi connectivity index (χ2n) is 18.8. The highest BCUT2D eigenvalue weighted by Gasteiger charge is 2.84. The first-order valence-electron chi connectivity index (χ1n) is 18.8. The number of hydrogen-bond acceptors (Lipinski definition) is 8. The third-order valence-electron chi connectivity index (χ3n) is 16.2. The quantitative estimate of drug-likeness (QED) is 0.381. The van der Waals surface area contributed by atoms with Crippen molar-refractivity contribution < 1.29 is 38.7 Å². The summed E-state index contributed by atoms with van der Waals surface area (Å²) in [6.07, 6.45) is 7.26. The van der Waals surface area contributed by atoms with Gasteiger partial charge in [0.05, 0.1) is 49.4 Å². The molecule has 7 fully saturated rings. The Morgan fingerprint density at radius 2 is 1.81 bits per heavy atom. The maximum Gasteiger partial charge on any atom is 0.289 e. The van der Waals surface area contributed by atoms with Crippen LogP contribution < -0.4 is 0 Å². The molecule has 0 aromatic carbocycles. The second-order valence-corrected chi connectivity index (χ2v) is 18.8. The fourth-order valence-corrected chi connectivity index (χ4v) is 13.8. The van der Waals surface area contributed by atoms with E-state index in [9.17, 15) is 20.1 Å². The smallest absolute Gasteiger partial charge is 0.289 e. The number of furan rings is 1. The van der Waals surface area contributed by atoms with Crippen LogP contribution in [0.2, 0.25) is 0 Å². The zero-order valence-corrected chi connectivity index (χ0v) is 30.1. The predicted octanol–water partition coefficient (Wildman–Crippen LogP) is 5.41. The van der Waals surface area contributed by atoms with E-state index in [2.05, 4.69) is 34.6 Å². The van der Waals surface area contributed by atoms with Crippen LogP contribution in [0.25, 0.3) is 0 Å². The molecular weight excluding hydrogens is 610 g/mol. The lowest BCUT2D eigenvalue weighted by Crippen LogP contribution is -2.60. The first-order chi connectivity index (χ1) is 22.5. The van der Waals surface area contributed by atoms with Gasteiger partial charge in [-0.05, 0) is 123 Å². The molecule has 1 aromatic rings. The van der Waals surface area contributed by atoms with Crippen molar-refractivity contribution >= 4 is 5.91 Å². The van der Waals surface area contributed by atoms with Gasteiger partial charge in [-0.2, -0.15) is 0 Å². The molecular formula is C39H59NO8. The van der Waals surface area contributed by atoms with Crippen LogP contribution in [-0.4, -0.2) is 88.2 Å². The topological polar surface area (TPSA) is 122 Å². The van der Waals surface area contributed by atoms with E-state index in [0.29, 0.717) is 43.7 Å². The first kappa shape index (κ1) is 33.6. The van der Waals surface area contributed by atoms with Gasteiger partial charge < -0.3 is 38.8 Å². The highest BCUT2D eigenvalue weighted by atomic mass is 16.7. The van der Waals surface area contributed by atoms with Crippen molar-refractivity contribution in [2.24, 2.45) is 50.7 Å². The Labute approximate surface area is 286 Å². The normalized spacial score (nSPS) is 50.0. The van der Waals surface area contributed by atoms with Gasteiger partial charge in [0.15, 0.2) is 12.1 Å². The zero-order chi connectivity index (χ0) is 34.2. The number of carbonyl (C=O) groups excluding carboxylic acids is 1. The molecule has 1 amide bonds. The van der Waals surface area contributed by atoms with Crippen LogP contribution in [0, 0.1) is 50.7 Å². The van der Waals surface area contributed by atoms with Crippen molar-refractivity contribution in [2.45, 2.75) is 142 Å². The Bertz CT molecular complexity index is 1410. The van der Waals surface area contributed by atoms with E-state index in [1.54, 1.807) is 30.9 Å². The number of aliphatic hydroxyl groups excluding tert-OH is 2. The summed E-state index contributed by atoms with van der Waals surface area (Å²) in [5.74, 6) is 1.69. The molecule has 5 saturated carbocycles. The number of aliphatic hydroxyl groups is 3. The SMILES string of the molecule is C[C@@H]1CC(C(O)C(C)(C)O)OC2[C@H]1C1(C)CCC34CC35CCC(OC3CN(C(=O)c6ccco6)CCO3)C(C)(C)[C@@H]5CCC4[C@]1(C)[C@H]2O. The molecule has 1 aromatic heterocycles. The van der Waals surface area contributed by atoms with Crippen molar-refractivity contribution in [3.8, 4) is 0 Å². The summed E-state index contributed by atoms with van der Waals surface area (Å²) in [5.41, 5.74) is -1.16. The van der Waals surface area contributed by atoms with Crippen LogP contribution >= 0.6 is 0 Å². The minimum Gasteiger partial charge on any atom is -0.459 e.